The fourth-order valence-corrected chi connectivity index (χ4v) is 3.82. The molecule has 2 bridgehead atoms. The highest BCUT2D eigenvalue weighted by Gasteiger charge is 2.31. The number of hydrogen-bond acceptors (Lipinski definition) is 3. The lowest BCUT2D eigenvalue weighted by Crippen LogP contribution is -2.39. The van der Waals surface area contributed by atoms with E-state index in [0.29, 0.717) is 23.3 Å². The maximum absolute atomic E-state index is 12.8. The predicted octanol–water partition coefficient (Wildman–Crippen LogP) is 3.30. The van der Waals surface area contributed by atoms with E-state index < -0.39 is 0 Å². The standard InChI is InChI=1S/C21H24N4O2/c26-20(25-13-12-18-10-11-19(14-25)22-18)15-6-8-17(9-7-15)24-21(27)23-16-4-2-1-3-5-16/h1-9,18-19,22H,10-14H2,(H2,23,24,27). The molecular formula is C21H24N4O2. The highest BCUT2D eigenvalue weighted by molar-refractivity contribution is 6.00. The van der Waals surface area contributed by atoms with Gasteiger partial charge in [-0.05, 0) is 55.7 Å². The second-order valence-corrected chi connectivity index (χ2v) is 7.20. The number of likely N-dealkylation sites (tertiary alicyclic amines) is 1. The molecule has 2 aliphatic rings. The zero-order valence-corrected chi connectivity index (χ0v) is 15.2. The molecule has 6 nitrogen and oxygen atoms in total. The SMILES string of the molecule is O=C(Nc1ccccc1)Nc1ccc(C(=O)N2CCC3CCC(C2)N3)cc1. The van der Waals surface area contributed by atoms with Gasteiger partial charge in [0.1, 0.15) is 0 Å². The van der Waals surface area contributed by atoms with Crippen molar-refractivity contribution < 1.29 is 9.59 Å². The van der Waals surface area contributed by atoms with Crippen LogP contribution in [0.1, 0.15) is 29.6 Å². The number of nitrogens with zero attached hydrogens (tertiary/aromatic N) is 1. The Hall–Kier alpha value is -2.86. The van der Waals surface area contributed by atoms with Crippen LogP contribution in [0.3, 0.4) is 0 Å². The van der Waals surface area contributed by atoms with E-state index in [1.807, 2.05) is 35.2 Å². The molecule has 6 heteroatoms. The molecule has 0 saturated carbocycles. The van der Waals surface area contributed by atoms with Crippen molar-refractivity contribution in [2.45, 2.75) is 31.3 Å². The van der Waals surface area contributed by atoms with Crippen molar-refractivity contribution in [3.63, 3.8) is 0 Å². The molecule has 2 atom stereocenters. The van der Waals surface area contributed by atoms with Gasteiger partial charge >= 0.3 is 6.03 Å². The summed E-state index contributed by atoms with van der Waals surface area (Å²) in [7, 11) is 0. The monoisotopic (exact) mass is 364 g/mol. The Labute approximate surface area is 158 Å². The lowest BCUT2D eigenvalue weighted by Gasteiger charge is -2.24. The Kier molecular flexibility index (Phi) is 5.07. The number of carbonyl (C=O) groups excluding carboxylic acids is 2. The van der Waals surface area contributed by atoms with E-state index in [2.05, 4.69) is 16.0 Å². The molecule has 2 aromatic carbocycles. The molecule has 2 unspecified atom stereocenters. The van der Waals surface area contributed by atoms with Crippen LogP contribution in [0.5, 0.6) is 0 Å². The van der Waals surface area contributed by atoms with Crippen molar-refractivity contribution in [3.05, 3.63) is 60.2 Å². The summed E-state index contributed by atoms with van der Waals surface area (Å²) < 4.78 is 0. The summed E-state index contributed by atoms with van der Waals surface area (Å²) >= 11 is 0. The molecule has 0 radical (unpaired) electrons. The van der Waals surface area contributed by atoms with Gasteiger partial charge in [-0.3, -0.25) is 4.79 Å². The van der Waals surface area contributed by atoms with Gasteiger partial charge in [-0.1, -0.05) is 18.2 Å². The van der Waals surface area contributed by atoms with Gasteiger partial charge in [-0.15, -0.1) is 0 Å². The van der Waals surface area contributed by atoms with Crippen LogP contribution in [-0.2, 0) is 0 Å². The second kappa shape index (κ2) is 7.80. The highest BCUT2D eigenvalue weighted by Crippen LogP contribution is 2.22. The quantitative estimate of drug-likeness (QED) is 0.782. The molecule has 2 aromatic rings. The van der Waals surface area contributed by atoms with Gasteiger partial charge < -0.3 is 20.9 Å². The number of nitrogens with one attached hydrogen (secondary N) is 3. The number of hydrogen-bond donors (Lipinski definition) is 3. The number of fused-ring (bicyclic) bond motifs is 2. The summed E-state index contributed by atoms with van der Waals surface area (Å²) in [6.45, 7) is 1.57. The number of amides is 3. The molecule has 0 aromatic heterocycles. The average Bonchev–Trinajstić information content (AvgIpc) is 3.01. The van der Waals surface area contributed by atoms with E-state index in [0.717, 1.165) is 31.6 Å². The van der Waals surface area contributed by atoms with Gasteiger partial charge in [0.2, 0.25) is 0 Å². The molecule has 3 amide bonds. The molecule has 2 saturated heterocycles. The molecule has 140 valence electrons. The van der Waals surface area contributed by atoms with E-state index in [9.17, 15) is 9.59 Å². The van der Waals surface area contributed by atoms with Crippen molar-refractivity contribution in [2.24, 2.45) is 0 Å². The van der Waals surface area contributed by atoms with Crippen LogP contribution >= 0.6 is 0 Å². The Bertz CT molecular complexity index is 807. The molecule has 27 heavy (non-hydrogen) atoms. The Balaban J connectivity index is 1.35. The zero-order chi connectivity index (χ0) is 18.6. The minimum atomic E-state index is -0.310. The van der Waals surface area contributed by atoms with Crippen molar-refractivity contribution in [2.75, 3.05) is 23.7 Å². The fraction of sp³-hybridized carbons (Fsp3) is 0.333. The molecule has 2 heterocycles. The van der Waals surface area contributed by atoms with Gasteiger partial charge in [0, 0.05) is 42.1 Å². The summed E-state index contributed by atoms with van der Waals surface area (Å²) in [6, 6.07) is 17.0. The van der Waals surface area contributed by atoms with Gasteiger partial charge in [0.05, 0.1) is 0 Å². The predicted molar refractivity (Wildman–Crippen MR) is 106 cm³/mol. The summed E-state index contributed by atoms with van der Waals surface area (Å²) in [5.41, 5.74) is 2.03. The van der Waals surface area contributed by atoms with Crippen molar-refractivity contribution in [3.8, 4) is 0 Å². The number of benzene rings is 2. The first kappa shape index (κ1) is 17.5. The Morgan fingerprint density at radius 2 is 1.52 bits per heavy atom. The van der Waals surface area contributed by atoms with E-state index in [-0.39, 0.29) is 11.9 Å². The van der Waals surface area contributed by atoms with Crippen LogP contribution in [0, 0.1) is 0 Å². The lowest BCUT2D eigenvalue weighted by molar-refractivity contribution is 0.0748. The van der Waals surface area contributed by atoms with Crippen LogP contribution in [-0.4, -0.2) is 42.0 Å². The third-order valence-corrected chi connectivity index (χ3v) is 5.23. The first-order chi connectivity index (χ1) is 13.2. The maximum Gasteiger partial charge on any atom is 0.323 e. The number of anilines is 2. The topological polar surface area (TPSA) is 73.5 Å². The molecule has 2 aliphatic heterocycles. The maximum atomic E-state index is 12.8. The molecule has 2 fully saturated rings. The largest absolute Gasteiger partial charge is 0.337 e. The highest BCUT2D eigenvalue weighted by atomic mass is 16.2. The van der Waals surface area contributed by atoms with Gasteiger partial charge in [0.15, 0.2) is 0 Å². The van der Waals surface area contributed by atoms with Gasteiger partial charge in [0.25, 0.3) is 5.91 Å². The fourth-order valence-electron chi connectivity index (χ4n) is 3.82. The molecule has 4 rings (SSSR count). The van der Waals surface area contributed by atoms with E-state index >= 15 is 0 Å². The lowest BCUT2D eigenvalue weighted by atomic mass is 10.1. The molecule has 0 aliphatic carbocycles. The normalized spacial score (nSPS) is 21.4. The van der Waals surface area contributed by atoms with Gasteiger partial charge in [-0.2, -0.15) is 0 Å². The van der Waals surface area contributed by atoms with E-state index in [4.69, 9.17) is 0 Å². The number of para-hydroxylation sites is 1. The number of urea groups is 1. The second-order valence-electron chi connectivity index (χ2n) is 7.20. The van der Waals surface area contributed by atoms with Crippen LogP contribution in [0.15, 0.2) is 54.6 Å². The summed E-state index contributed by atoms with van der Waals surface area (Å²) in [4.78, 5) is 26.8. The Morgan fingerprint density at radius 1 is 0.852 bits per heavy atom. The molecular weight excluding hydrogens is 340 g/mol. The smallest absolute Gasteiger partial charge is 0.323 e. The van der Waals surface area contributed by atoms with Crippen LogP contribution in [0.4, 0.5) is 16.2 Å². The van der Waals surface area contributed by atoms with Crippen LogP contribution in [0.25, 0.3) is 0 Å². The van der Waals surface area contributed by atoms with Crippen LogP contribution < -0.4 is 16.0 Å². The van der Waals surface area contributed by atoms with Crippen LogP contribution in [0.2, 0.25) is 0 Å². The van der Waals surface area contributed by atoms with Crippen molar-refractivity contribution in [1.82, 2.24) is 10.2 Å². The molecule has 0 spiro atoms. The van der Waals surface area contributed by atoms with Crippen molar-refractivity contribution >= 4 is 23.3 Å². The Morgan fingerprint density at radius 3 is 2.26 bits per heavy atom. The van der Waals surface area contributed by atoms with E-state index in [1.54, 1.807) is 24.3 Å². The summed E-state index contributed by atoms with van der Waals surface area (Å²) in [5.74, 6) is 0.0598. The van der Waals surface area contributed by atoms with E-state index in [1.165, 1.54) is 6.42 Å². The number of carbonyl (C=O) groups is 2. The average molecular weight is 364 g/mol. The minimum absolute atomic E-state index is 0.0598. The first-order valence-corrected chi connectivity index (χ1v) is 9.46. The summed E-state index contributed by atoms with van der Waals surface area (Å²) in [6.07, 6.45) is 3.38. The third-order valence-electron chi connectivity index (χ3n) is 5.23. The summed E-state index contributed by atoms with van der Waals surface area (Å²) in [5, 5.41) is 9.14. The molecule has 3 N–H and O–H groups in total. The van der Waals surface area contributed by atoms with Crippen molar-refractivity contribution in [1.29, 1.82) is 0 Å². The zero-order valence-electron chi connectivity index (χ0n) is 15.2. The third kappa shape index (κ3) is 4.28. The van der Waals surface area contributed by atoms with Gasteiger partial charge in [-0.25, -0.2) is 4.79 Å². The minimum Gasteiger partial charge on any atom is -0.337 e. The number of rotatable bonds is 3. The first-order valence-electron chi connectivity index (χ1n) is 9.46.